The summed E-state index contributed by atoms with van der Waals surface area (Å²) < 4.78 is 1.67. The Balaban J connectivity index is 2.09. The average molecular weight is 294 g/mol. The third-order valence-electron chi connectivity index (χ3n) is 2.98. The monoisotopic (exact) mass is 293 g/mol. The first-order valence-electron chi connectivity index (χ1n) is 6.33. The van der Waals surface area contributed by atoms with Crippen molar-refractivity contribution in [2.24, 2.45) is 0 Å². The van der Waals surface area contributed by atoms with Gasteiger partial charge >= 0.3 is 0 Å². The number of nitrogens with one attached hydrogen (secondary N) is 1. The normalized spacial score (nSPS) is 12.2. The van der Waals surface area contributed by atoms with Gasteiger partial charge in [0.15, 0.2) is 0 Å². The number of aliphatic hydroxyl groups is 1. The number of aromatic nitrogens is 2. The highest BCUT2D eigenvalue weighted by atomic mass is 35.5. The first kappa shape index (κ1) is 14.6. The first-order chi connectivity index (χ1) is 9.63. The molecular formula is C14H16ClN3O2. The number of nitrogens with zero attached hydrogens (tertiary/aromatic N) is 2. The van der Waals surface area contributed by atoms with Crippen molar-refractivity contribution in [3.05, 3.63) is 52.8 Å². The van der Waals surface area contributed by atoms with Crippen molar-refractivity contribution in [2.45, 2.75) is 19.5 Å². The molecule has 1 unspecified atom stereocenters. The Morgan fingerprint density at radius 1 is 1.45 bits per heavy atom. The standard InChI is InChI=1S/C14H16ClN3O2/c1-2-18-8-11(7-16-18)14(20)17-13(9-19)10-3-5-12(15)6-4-10/h3-8,13,19H,2,9H2,1H3,(H,17,20). The van der Waals surface area contributed by atoms with Gasteiger partial charge in [-0.05, 0) is 24.6 Å². The van der Waals surface area contributed by atoms with Crippen molar-refractivity contribution in [1.29, 1.82) is 0 Å². The van der Waals surface area contributed by atoms with Gasteiger partial charge in [-0.15, -0.1) is 0 Å². The van der Waals surface area contributed by atoms with E-state index < -0.39 is 6.04 Å². The molecule has 106 valence electrons. The molecule has 6 heteroatoms. The molecule has 0 aliphatic heterocycles. The summed E-state index contributed by atoms with van der Waals surface area (Å²) in [5.41, 5.74) is 1.27. The SMILES string of the molecule is CCn1cc(C(=O)NC(CO)c2ccc(Cl)cc2)cn1. The van der Waals surface area contributed by atoms with E-state index in [1.54, 1.807) is 35.1 Å². The predicted molar refractivity (Wildman–Crippen MR) is 76.6 cm³/mol. The van der Waals surface area contributed by atoms with Crippen molar-refractivity contribution < 1.29 is 9.90 Å². The molecule has 0 bridgehead atoms. The predicted octanol–water partition coefficient (Wildman–Crippen LogP) is 2.02. The minimum absolute atomic E-state index is 0.185. The number of carbonyl (C=O) groups is 1. The molecular weight excluding hydrogens is 278 g/mol. The quantitative estimate of drug-likeness (QED) is 0.886. The average Bonchev–Trinajstić information content (AvgIpc) is 2.94. The van der Waals surface area contributed by atoms with Crippen molar-refractivity contribution in [3.63, 3.8) is 0 Å². The maximum atomic E-state index is 12.1. The van der Waals surface area contributed by atoms with Gasteiger partial charge in [0.2, 0.25) is 0 Å². The third kappa shape index (κ3) is 3.37. The van der Waals surface area contributed by atoms with Crippen LogP contribution in [0.25, 0.3) is 0 Å². The van der Waals surface area contributed by atoms with Gasteiger partial charge in [-0.2, -0.15) is 5.10 Å². The highest BCUT2D eigenvalue weighted by Gasteiger charge is 2.16. The number of amides is 1. The minimum Gasteiger partial charge on any atom is -0.394 e. The van der Waals surface area contributed by atoms with Crippen LogP contribution in [0, 0.1) is 0 Å². The largest absolute Gasteiger partial charge is 0.394 e. The van der Waals surface area contributed by atoms with Crippen molar-refractivity contribution in [1.82, 2.24) is 15.1 Å². The summed E-state index contributed by atoms with van der Waals surface area (Å²) in [7, 11) is 0. The molecule has 0 spiro atoms. The van der Waals surface area contributed by atoms with E-state index >= 15 is 0 Å². The van der Waals surface area contributed by atoms with Crippen LogP contribution in [0.15, 0.2) is 36.7 Å². The van der Waals surface area contributed by atoms with Gasteiger partial charge in [0.1, 0.15) is 0 Å². The Bertz CT molecular complexity index is 580. The number of halogens is 1. The second-order valence-electron chi connectivity index (χ2n) is 4.34. The van der Waals surface area contributed by atoms with Crippen molar-refractivity contribution in [2.75, 3.05) is 6.61 Å². The van der Waals surface area contributed by atoms with Crippen molar-refractivity contribution in [3.8, 4) is 0 Å². The molecule has 1 aromatic carbocycles. The maximum absolute atomic E-state index is 12.1. The first-order valence-corrected chi connectivity index (χ1v) is 6.71. The number of aryl methyl sites for hydroxylation is 1. The smallest absolute Gasteiger partial charge is 0.255 e. The molecule has 0 fully saturated rings. The molecule has 5 nitrogen and oxygen atoms in total. The minimum atomic E-state index is -0.468. The summed E-state index contributed by atoms with van der Waals surface area (Å²) >= 11 is 5.82. The summed E-state index contributed by atoms with van der Waals surface area (Å²) in [6.07, 6.45) is 3.18. The van der Waals surface area contributed by atoms with E-state index in [1.165, 1.54) is 6.20 Å². The molecule has 2 aromatic rings. The van der Waals surface area contributed by atoms with E-state index in [4.69, 9.17) is 11.6 Å². The number of rotatable bonds is 5. The molecule has 0 aliphatic carbocycles. The van der Waals surface area contributed by atoms with Crippen LogP contribution in [0.2, 0.25) is 5.02 Å². The van der Waals surface area contributed by atoms with E-state index in [0.29, 0.717) is 17.1 Å². The van der Waals surface area contributed by atoms with Crippen LogP contribution in [-0.2, 0) is 6.54 Å². The fourth-order valence-corrected chi connectivity index (χ4v) is 1.95. The van der Waals surface area contributed by atoms with E-state index in [9.17, 15) is 9.90 Å². The van der Waals surface area contributed by atoms with E-state index in [2.05, 4.69) is 10.4 Å². The van der Waals surface area contributed by atoms with Gasteiger partial charge in [-0.3, -0.25) is 9.48 Å². The molecule has 2 rings (SSSR count). The number of hydrogen-bond acceptors (Lipinski definition) is 3. The zero-order chi connectivity index (χ0) is 14.5. The summed E-state index contributed by atoms with van der Waals surface area (Å²) in [4.78, 5) is 12.1. The fourth-order valence-electron chi connectivity index (χ4n) is 1.82. The summed E-state index contributed by atoms with van der Waals surface area (Å²) in [6, 6.07) is 6.53. The van der Waals surface area contributed by atoms with Crippen LogP contribution in [0.5, 0.6) is 0 Å². The molecule has 1 amide bonds. The lowest BCUT2D eigenvalue weighted by atomic mass is 10.1. The Labute approximate surface area is 122 Å². The number of carbonyl (C=O) groups excluding carboxylic acids is 1. The van der Waals surface area contributed by atoms with Crippen LogP contribution in [0.3, 0.4) is 0 Å². The van der Waals surface area contributed by atoms with E-state index in [0.717, 1.165) is 5.56 Å². The molecule has 0 saturated carbocycles. The lowest BCUT2D eigenvalue weighted by Gasteiger charge is -2.16. The molecule has 1 atom stereocenters. The second kappa shape index (κ2) is 6.54. The molecule has 0 aliphatic rings. The van der Waals surface area contributed by atoms with E-state index in [-0.39, 0.29) is 12.5 Å². The Morgan fingerprint density at radius 2 is 2.15 bits per heavy atom. The van der Waals surface area contributed by atoms with Crippen LogP contribution < -0.4 is 5.32 Å². The maximum Gasteiger partial charge on any atom is 0.255 e. The molecule has 2 N–H and O–H groups in total. The molecule has 1 aromatic heterocycles. The number of hydrogen-bond donors (Lipinski definition) is 2. The molecule has 1 heterocycles. The Hall–Kier alpha value is -1.85. The van der Waals surface area contributed by atoms with Crippen molar-refractivity contribution >= 4 is 17.5 Å². The second-order valence-corrected chi connectivity index (χ2v) is 4.78. The van der Waals surface area contributed by atoms with E-state index in [1.807, 2.05) is 6.92 Å². The lowest BCUT2D eigenvalue weighted by molar-refractivity contribution is 0.0916. The van der Waals surface area contributed by atoms with Gasteiger partial charge < -0.3 is 10.4 Å². The van der Waals surface area contributed by atoms with Gasteiger partial charge in [0.25, 0.3) is 5.91 Å². The third-order valence-corrected chi connectivity index (χ3v) is 3.23. The molecule has 0 radical (unpaired) electrons. The summed E-state index contributed by atoms with van der Waals surface area (Å²) in [5, 5.41) is 16.9. The fraction of sp³-hybridized carbons (Fsp3) is 0.286. The molecule has 0 saturated heterocycles. The van der Waals surface area contributed by atoms with Crippen LogP contribution >= 0.6 is 11.6 Å². The number of benzene rings is 1. The summed E-state index contributed by atoms with van der Waals surface area (Å²) in [6.45, 7) is 2.46. The highest BCUT2D eigenvalue weighted by Crippen LogP contribution is 2.16. The number of aliphatic hydroxyl groups excluding tert-OH is 1. The Morgan fingerprint density at radius 3 is 2.70 bits per heavy atom. The van der Waals surface area contributed by atoms with Gasteiger partial charge in [-0.1, -0.05) is 23.7 Å². The summed E-state index contributed by atoms with van der Waals surface area (Å²) in [5.74, 6) is -0.265. The van der Waals surface area contributed by atoms with Gasteiger partial charge in [0.05, 0.1) is 24.4 Å². The topological polar surface area (TPSA) is 67.2 Å². The lowest BCUT2D eigenvalue weighted by Crippen LogP contribution is -2.30. The zero-order valence-electron chi connectivity index (χ0n) is 11.1. The van der Waals surface area contributed by atoms with Gasteiger partial charge in [0, 0.05) is 17.8 Å². The Kier molecular flexibility index (Phi) is 4.76. The zero-order valence-corrected chi connectivity index (χ0v) is 11.8. The highest BCUT2D eigenvalue weighted by molar-refractivity contribution is 6.30. The van der Waals surface area contributed by atoms with Crippen LogP contribution in [0.4, 0.5) is 0 Å². The van der Waals surface area contributed by atoms with Gasteiger partial charge in [-0.25, -0.2) is 0 Å². The van der Waals surface area contributed by atoms with Crippen LogP contribution in [0.1, 0.15) is 28.9 Å². The van der Waals surface area contributed by atoms with Crippen LogP contribution in [-0.4, -0.2) is 27.4 Å². The molecule has 20 heavy (non-hydrogen) atoms.